The summed E-state index contributed by atoms with van der Waals surface area (Å²) < 4.78 is 13.0. The van der Waals surface area contributed by atoms with Crippen molar-refractivity contribution in [2.45, 2.75) is 38.8 Å². The zero-order chi connectivity index (χ0) is 12.8. The predicted molar refractivity (Wildman–Crippen MR) is 64.3 cm³/mol. The van der Waals surface area contributed by atoms with Gasteiger partial charge in [-0.25, -0.2) is 4.39 Å². The first-order chi connectivity index (χ1) is 8.04. The summed E-state index contributed by atoms with van der Waals surface area (Å²) in [6, 6.07) is 5.43. The number of nitrogens with one attached hydrogen (secondary N) is 1. The van der Waals surface area contributed by atoms with Gasteiger partial charge in [0.05, 0.1) is 0 Å². The van der Waals surface area contributed by atoms with Gasteiger partial charge in [0.15, 0.2) is 0 Å². The van der Waals surface area contributed by atoms with Crippen LogP contribution in [0.25, 0.3) is 0 Å². The lowest BCUT2D eigenvalue weighted by atomic mass is 10.1. The highest BCUT2D eigenvalue weighted by molar-refractivity contribution is 5.73. The van der Waals surface area contributed by atoms with Crippen molar-refractivity contribution in [1.29, 1.82) is 0 Å². The smallest absolute Gasteiger partial charge is 0.320 e. The van der Waals surface area contributed by atoms with E-state index < -0.39 is 12.0 Å². The Hall–Kier alpha value is -1.42. The molecule has 1 unspecified atom stereocenters. The number of carboxylic acid groups (broad SMARTS) is 1. The van der Waals surface area contributed by atoms with Gasteiger partial charge in [-0.3, -0.25) is 10.1 Å². The maximum Gasteiger partial charge on any atom is 0.320 e. The second kappa shape index (κ2) is 6.35. The minimum Gasteiger partial charge on any atom is -0.480 e. The third-order valence-corrected chi connectivity index (χ3v) is 2.68. The van der Waals surface area contributed by atoms with Crippen molar-refractivity contribution >= 4 is 5.97 Å². The lowest BCUT2D eigenvalue weighted by molar-refractivity contribution is -0.139. The molecule has 1 aromatic rings. The molecule has 94 valence electrons. The first kappa shape index (κ1) is 13.6. The lowest BCUT2D eigenvalue weighted by Gasteiger charge is -2.20. The van der Waals surface area contributed by atoms with Gasteiger partial charge in [-0.15, -0.1) is 0 Å². The average Bonchev–Trinajstić information content (AvgIpc) is 2.28. The molecule has 0 saturated carbocycles. The van der Waals surface area contributed by atoms with E-state index >= 15 is 0 Å². The van der Waals surface area contributed by atoms with Crippen LogP contribution >= 0.6 is 0 Å². The van der Waals surface area contributed by atoms with Gasteiger partial charge in [-0.2, -0.15) is 0 Å². The fourth-order valence-corrected chi connectivity index (χ4v) is 1.74. The van der Waals surface area contributed by atoms with Crippen LogP contribution in [0.4, 0.5) is 4.39 Å². The zero-order valence-corrected chi connectivity index (χ0v) is 10.1. The third kappa shape index (κ3) is 4.15. The highest BCUT2D eigenvalue weighted by Crippen LogP contribution is 2.15. The van der Waals surface area contributed by atoms with Crippen molar-refractivity contribution in [3.05, 3.63) is 35.6 Å². The molecule has 0 aliphatic carbocycles. The van der Waals surface area contributed by atoms with Crippen molar-refractivity contribution in [3.8, 4) is 0 Å². The van der Waals surface area contributed by atoms with Gasteiger partial charge >= 0.3 is 5.97 Å². The van der Waals surface area contributed by atoms with Gasteiger partial charge in [0.25, 0.3) is 0 Å². The second-order valence-electron chi connectivity index (χ2n) is 4.12. The Morgan fingerprint density at radius 2 is 2.24 bits per heavy atom. The van der Waals surface area contributed by atoms with Gasteiger partial charge in [0.2, 0.25) is 0 Å². The summed E-state index contributed by atoms with van der Waals surface area (Å²) in [5, 5.41) is 12.0. The van der Waals surface area contributed by atoms with Crippen molar-refractivity contribution < 1.29 is 14.3 Å². The Balaban J connectivity index is 2.69. The molecular formula is C13H18FNO2. The van der Waals surface area contributed by atoms with E-state index in [0.717, 1.165) is 12.0 Å². The van der Waals surface area contributed by atoms with Crippen LogP contribution in [0.5, 0.6) is 0 Å². The van der Waals surface area contributed by atoms with E-state index in [2.05, 4.69) is 5.32 Å². The molecule has 0 aliphatic heterocycles. The van der Waals surface area contributed by atoms with Crippen LogP contribution in [0.3, 0.4) is 0 Å². The topological polar surface area (TPSA) is 49.3 Å². The second-order valence-corrected chi connectivity index (χ2v) is 4.12. The highest BCUT2D eigenvalue weighted by Gasteiger charge is 2.19. The van der Waals surface area contributed by atoms with Crippen LogP contribution in [-0.2, 0) is 4.79 Å². The molecule has 2 N–H and O–H groups in total. The quantitative estimate of drug-likeness (QED) is 0.802. The predicted octanol–water partition coefficient (Wildman–Crippen LogP) is 2.73. The molecule has 0 radical (unpaired) electrons. The molecule has 0 fully saturated rings. The number of aliphatic carboxylic acids is 1. The van der Waals surface area contributed by atoms with Crippen molar-refractivity contribution in [1.82, 2.24) is 5.32 Å². The molecule has 0 saturated heterocycles. The summed E-state index contributed by atoms with van der Waals surface area (Å²) >= 11 is 0. The summed E-state index contributed by atoms with van der Waals surface area (Å²) in [6.45, 7) is 3.77. The molecular weight excluding hydrogens is 221 g/mol. The third-order valence-electron chi connectivity index (χ3n) is 2.68. The van der Waals surface area contributed by atoms with Crippen LogP contribution in [0.2, 0.25) is 0 Å². The van der Waals surface area contributed by atoms with E-state index in [9.17, 15) is 9.18 Å². The minimum absolute atomic E-state index is 0.182. The van der Waals surface area contributed by atoms with Crippen LogP contribution in [-0.4, -0.2) is 17.1 Å². The number of halogens is 1. The van der Waals surface area contributed by atoms with Gasteiger partial charge in [-0.1, -0.05) is 25.5 Å². The van der Waals surface area contributed by atoms with Crippen LogP contribution in [0.15, 0.2) is 24.3 Å². The number of hydrogen-bond acceptors (Lipinski definition) is 2. The van der Waals surface area contributed by atoms with Gasteiger partial charge in [0, 0.05) is 6.04 Å². The number of rotatable bonds is 6. The first-order valence-electron chi connectivity index (χ1n) is 5.79. The molecule has 17 heavy (non-hydrogen) atoms. The largest absolute Gasteiger partial charge is 0.480 e. The lowest BCUT2D eigenvalue weighted by Crippen LogP contribution is -2.38. The summed E-state index contributed by atoms with van der Waals surface area (Å²) in [6.07, 6.45) is 1.36. The van der Waals surface area contributed by atoms with Gasteiger partial charge < -0.3 is 5.11 Å². The van der Waals surface area contributed by atoms with E-state index in [4.69, 9.17) is 5.11 Å². The Kier molecular flexibility index (Phi) is 5.10. The molecule has 1 aromatic carbocycles. The summed E-state index contributed by atoms with van der Waals surface area (Å²) in [5.74, 6) is -1.17. The fraction of sp³-hybridized carbons (Fsp3) is 0.462. The molecule has 3 nitrogen and oxygen atoms in total. The minimum atomic E-state index is -0.866. The molecule has 0 bridgehead atoms. The Morgan fingerprint density at radius 1 is 1.53 bits per heavy atom. The zero-order valence-electron chi connectivity index (χ0n) is 10.1. The van der Waals surface area contributed by atoms with E-state index in [1.54, 1.807) is 12.1 Å². The van der Waals surface area contributed by atoms with Gasteiger partial charge in [0.1, 0.15) is 11.9 Å². The Bertz CT molecular complexity index is 381. The average molecular weight is 239 g/mol. The number of benzene rings is 1. The van der Waals surface area contributed by atoms with Gasteiger partial charge in [-0.05, 0) is 31.0 Å². The highest BCUT2D eigenvalue weighted by atomic mass is 19.1. The SMILES string of the molecule is CCCC(N[C@H](C)c1cccc(F)c1)C(=O)O. The van der Waals surface area contributed by atoms with Crippen molar-refractivity contribution in [2.24, 2.45) is 0 Å². The van der Waals surface area contributed by atoms with E-state index in [0.29, 0.717) is 6.42 Å². The van der Waals surface area contributed by atoms with E-state index in [1.165, 1.54) is 12.1 Å². The Labute approximate surface area is 101 Å². The number of hydrogen-bond donors (Lipinski definition) is 2. The monoisotopic (exact) mass is 239 g/mol. The maximum atomic E-state index is 13.0. The fourth-order valence-electron chi connectivity index (χ4n) is 1.74. The van der Waals surface area contributed by atoms with E-state index in [1.807, 2.05) is 13.8 Å². The number of carboxylic acids is 1. The summed E-state index contributed by atoms with van der Waals surface area (Å²) in [5.41, 5.74) is 0.757. The van der Waals surface area contributed by atoms with Crippen molar-refractivity contribution in [3.63, 3.8) is 0 Å². The molecule has 0 aromatic heterocycles. The van der Waals surface area contributed by atoms with Crippen molar-refractivity contribution in [2.75, 3.05) is 0 Å². The molecule has 0 heterocycles. The molecule has 1 rings (SSSR count). The molecule has 4 heteroatoms. The molecule has 0 spiro atoms. The maximum absolute atomic E-state index is 13.0. The molecule has 0 aliphatic rings. The van der Waals surface area contributed by atoms with Crippen LogP contribution in [0, 0.1) is 5.82 Å². The number of carbonyl (C=O) groups is 1. The van der Waals surface area contributed by atoms with Crippen LogP contribution < -0.4 is 5.32 Å². The first-order valence-corrected chi connectivity index (χ1v) is 5.79. The summed E-state index contributed by atoms with van der Waals surface area (Å²) in [7, 11) is 0. The Morgan fingerprint density at radius 3 is 2.76 bits per heavy atom. The standard InChI is InChI=1S/C13H18FNO2/c1-3-5-12(13(16)17)15-9(2)10-6-4-7-11(14)8-10/h4,6-9,12,15H,3,5H2,1-2H3,(H,16,17)/t9-,12?/m1/s1. The molecule has 0 amide bonds. The molecule has 2 atom stereocenters. The van der Waals surface area contributed by atoms with Crippen LogP contribution in [0.1, 0.15) is 38.3 Å². The normalized spacial score (nSPS) is 14.3. The van der Waals surface area contributed by atoms with E-state index in [-0.39, 0.29) is 11.9 Å². The summed E-state index contributed by atoms with van der Waals surface area (Å²) in [4.78, 5) is 11.0.